The molecular weight excluding hydrogens is 278 g/mol. The Morgan fingerprint density at radius 3 is 2.67 bits per heavy atom. The molecule has 1 aromatic carbocycles. The minimum atomic E-state index is -0.479. The summed E-state index contributed by atoms with van der Waals surface area (Å²) in [5, 5.41) is 14.3. The summed E-state index contributed by atoms with van der Waals surface area (Å²) < 4.78 is 0. The summed E-state index contributed by atoms with van der Waals surface area (Å²) in [4.78, 5) is 2.37. The molecule has 0 fully saturated rings. The molecular formula is C18H23NOS. The van der Waals surface area contributed by atoms with Crippen LogP contribution in [0, 0.1) is 0 Å². The molecule has 0 radical (unpaired) electrons. The fourth-order valence-electron chi connectivity index (χ4n) is 2.90. The van der Waals surface area contributed by atoms with E-state index in [1.165, 1.54) is 16.0 Å². The number of hydrogen-bond donors (Lipinski definition) is 2. The number of thiophene rings is 1. The molecule has 0 saturated heterocycles. The lowest BCUT2D eigenvalue weighted by Gasteiger charge is -2.30. The molecule has 1 aliphatic heterocycles. The Bertz CT molecular complexity index is 626. The second-order valence-corrected chi connectivity index (χ2v) is 7.89. The highest BCUT2D eigenvalue weighted by atomic mass is 32.1. The summed E-state index contributed by atoms with van der Waals surface area (Å²) in [5.41, 5.74) is 2.73. The van der Waals surface area contributed by atoms with E-state index >= 15 is 0 Å². The van der Waals surface area contributed by atoms with Gasteiger partial charge in [0.05, 0.1) is 6.04 Å². The normalized spacial score (nSPS) is 20.1. The topological polar surface area (TPSA) is 32.3 Å². The second-order valence-electron chi connectivity index (χ2n) is 6.78. The van der Waals surface area contributed by atoms with Crippen molar-refractivity contribution < 1.29 is 5.11 Å². The van der Waals surface area contributed by atoms with Gasteiger partial charge in [-0.2, -0.15) is 0 Å². The predicted octanol–water partition coefficient (Wildman–Crippen LogP) is 3.97. The maximum Gasteiger partial charge on any atom is 0.108 e. The van der Waals surface area contributed by atoms with Gasteiger partial charge in [-0.05, 0) is 41.6 Å². The number of fused-ring (bicyclic) bond motifs is 1. The highest BCUT2D eigenvalue weighted by Gasteiger charge is 2.29. The van der Waals surface area contributed by atoms with Crippen LogP contribution in [0.5, 0.6) is 0 Å². The number of rotatable bonds is 2. The molecule has 2 unspecified atom stereocenters. The van der Waals surface area contributed by atoms with Crippen molar-refractivity contribution in [2.75, 3.05) is 6.54 Å². The van der Waals surface area contributed by atoms with E-state index in [4.69, 9.17) is 0 Å². The monoisotopic (exact) mass is 301 g/mol. The first-order valence-corrected chi connectivity index (χ1v) is 8.38. The summed E-state index contributed by atoms with van der Waals surface area (Å²) >= 11 is 1.73. The van der Waals surface area contributed by atoms with Gasteiger partial charge < -0.3 is 10.4 Å². The van der Waals surface area contributed by atoms with Gasteiger partial charge in [0.1, 0.15) is 6.10 Å². The third-order valence-electron chi connectivity index (χ3n) is 4.12. The van der Waals surface area contributed by atoms with Gasteiger partial charge in [0.25, 0.3) is 0 Å². The standard InChI is InChI=1S/C18H23NOS/c1-18(2,3)15-9-8-14(21-15)17(20)16-13-7-5-4-6-12(13)10-11-19-16/h4-9,16-17,19-20H,10-11H2,1-3H3. The van der Waals surface area contributed by atoms with Gasteiger partial charge in [0.2, 0.25) is 0 Å². The largest absolute Gasteiger partial charge is 0.386 e. The first-order chi connectivity index (χ1) is 9.97. The summed E-state index contributed by atoms with van der Waals surface area (Å²) in [7, 11) is 0. The molecule has 2 aromatic rings. The van der Waals surface area contributed by atoms with Crippen molar-refractivity contribution in [2.24, 2.45) is 0 Å². The van der Waals surface area contributed by atoms with Crippen LogP contribution in [0.15, 0.2) is 36.4 Å². The van der Waals surface area contributed by atoms with Crippen molar-refractivity contribution in [2.45, 2.75) is 44.8 Å². The zero-order valence-corrected chi connectivity index (χ0v) is 13.7. The Morgan fingerprint density at radius 1 is 1.19 bits per heavy atom. The van der Waals surface area contributed by atoms with Crippen LogP contribution in [-0.4, -0.2) is 11.7 Å². The van der Waals surface area contributed by atoms with Crippen molar-refractivity contribution in [3.05, 3.63) is 57.3 Å². The van der Waals surface area contributed by atoms with Gasteiger partial charge in [-0.15, -0.1) is 11.3 Å². The Hall–Kier alpha value is -1.16. The number of hydrogen-bond acceptors (Lipinski definition) is 3. The van der Waals surface area contributed by atoms with E-state index in [9.17, 15) is 5.11 Å². The average Bonchev–Trinajstić information content (AvgIpc) is 2.96. The molecule has 2 nitrogen and oxygen atoms in total. The van der Waals surface area contributed by atoms with E-state index in [-0.39, 0.29) is 11.5 Å². The highest BCUT2D eigenvalue weighted by molar-refractivity contribution is 7.12. The maximum atomic E-state index is 10.8. The molecule has 3 heteroatoms. The molecule has 0 aliphatic carbocycles. The predicted molar refractivity (Wildman–Crippen MR) is 88.9 cm³/mol. The fraction of sp³-hybridized carbons (Fsp3) is 0.444. The zero-order valence-electron chi connectivity index (χ0n) is 12.9. The number of aliphatic hydroxyl groups excluding tert-OH is 1. The molecule has 0 amide bonds. The van der Waals surface area contributed by atoms with Gasteiger partial charge in [-0.3, -0.25) is 0 Å². The minimum absolute atomic E-state index is 0.00131. The van der Waals surface area contributed by atoms with Crippen LogP contribution in [0.25, 0.3) is 0 Å². The minimum Gasteiger partial charge on any atom is -0.386 e. The van der Waals surface area contributed by atoms with Crippen molar-refractivity contribution in [3.8, 4) is 0 Å². The van der Waals surface area contributed by atoms with Crippen LogP contribution in [0.2, 0.25) is 0 Å². The third-order valence-corrected chi connectivity index (χ3v) is 5.70. The van der Waals surface area contributed by atoms with Crippen LogP contribution in [0.4, 0.5) is 0 Å². The maximum absolute atomic E-state index is 10.8. The van der Waals surface area contributed by atoms with E-state index in [1.54, 1.807) is 11.3 Å². The molecule has 1 aliphatic rings. The Morgan fingerprint density at radius 2 is 1.95 bits per heavy atom. The number of nitrogens with one attached hydrogen (secondary N) is 1. The summed E-state index contributed by atoms with van der Waals surface area (Å²) in [6, 6.07) is 12.7. The van der Waals surface area contributed by atoms with Gasteiger partial charge in [0, 0.05) is 9.75 Å². The Labute approximate surface area is 130 Å². The summed E-state index contributed by atoms with van der Waals surface area (Å²) in [5.74, 6) is 0. The first-order valence-electron chi connectivity index (χ1n) is 7.56. The third kappa shape index (κ3) is 2.91. The van der Waals surface area contributed by atoms with E-state index in [0.29, 0.717) is 0 Å². The molecule has 0 bridgehead atoms. The molecule has 112 valence electrons. The smallest absolute Gasteiger partial charge is 0.108 e. The molecule has 2 atom stereocenters. The highest BCUT2D eigenvalue weighted by Crippen LogP contribution is 2.38. The van der Waals surface area contributed by atoms with Gasteiger partial charge >= 0.3 is 0 Å². The van der Waals surface area contributed by atoms with Gasteiger partial charge in [0.15, 0.2) is 0 Å². The van der Waals surface area contributed by atoms with E-state index < -0.39 is 6.10 Å². The van der Waals surface area contributed by atoms with Crippen molar-refractivity contribution in [1.82, 2.24) is 5.32 Å². The van der Waals surface area contributed by atoms with Crippen LogP contribution in [0.3, 0.4) is 0 Å². The van der Waals surface area contributed by atoms with Crippen molar-refractivity contribution in [1.29, 1.82) is 0 Å². The lowest BCUT2D eigenvalue weighted by Crippen LogP contribution is -2.33. The Kier molecular flexibility index (Phi) is 3.91. The van der Waals surface area contributed by atoms with E-state index in [1.807, 2.05) is 0 Å². The average molecular weight is 301 g/mol. The molecule has 0 saturated carbocycles. The number of aliphatic hydroxyl groups is 1. The van der Waals surface area contributed by atoms with Crippen LogP contribution in [-0.2, 0) is 11.8 Å². The quantitative estimate of drug-likeness (QED) is 0.880. The second kappa shape index (κ2) is 5.56. The molecule has 1 aromatic heterocycles. The fourth-order valence-corrected chi connectivity index (χ4v) is 3.99. The first kappa shape index (κ1) is 14.8. The van der Waals surface area contributed by atoms with Crippen LogP contribution in [0.1, 0.15) is 53.8 Å². The Balaban J connectivity index is 1.89. The molecule has 3 rings (SSSR count). The van der Waals surface area contributed by atoms with Gasteiger partial charge in [-0.25, -0.2) is 0 Å². The van der Waals surface area contributed by atoms with Crippen LogP contribution >= 0.6 is 11.3 Å². The lowest BCUT2D eigenvalue weighted by molar-refractivity contribution is 0.129. The molecule has 0 spiro atoms. The van der Waals surface area contributed by atoms with Crippen LogP contribution < -0.4 is 5.32 Å². The van der Waals surface area contributed by atoms with E-state index in [2.05, 4.69) is 62.5 Å². The lowest BCUT2D eigenvalue weighted by atomic mass is 9.90. The summed E-state index contributed by atoms with van der Waals surface area (Å²) in [6.45, 7) is 7.56. The van der Waals surface area contributed by atoms with Crippen molar-refractivity contribution in [3.63, 3.8) is 0 Å². The van der Waals surface area contributed by atoms with Gasteiger partial charge in [-0.1, -0.05) is 45.0 Å². The molecule has 2 heterocycles. The molecule has 2 N–H and O–H groups in total. The zero-order chi connectivity index (χ0) is 15.0. The SMILES string of the molecule is CC(C)(C)c1ccc(C(O)C2NCCc3ccccc32)s1. The number of benzene rings is 1. The van der Waals surface area contributed by atoms with Crippen molar-refractivity contribution >= 4 is 11.3 Å². The molecule has 21 heavy (non-hydrogen) atoms. The summed E-state index contributed by atoms with van der Waals surface area (Å²) in [6.07, 6.45) is 0.560. The van der Waals surface area contributed by atoms with E-state index in [0.717, 1.165) is 17.8 Å².